The van der Waals surface area contributed by atoms with E-state index in [1.54, 1.807) is 0 Å². The molecule has 31 heavy (non-hydrogen) atoms. The molecule has 5 heterocycles. The Hall–Kier alpha value is -1.55. The smallest absolute Gasteiger partial charge is 0.223 e. The second-order valence-electron chi connectivity index (χ2n) is 10.9. The number of nitrogens with zero attached hydrogens (tertiary/aromatic N) is 2. The molecule has 2 saturated heterocycles. The standard InChI is InChI=1S/C27H40N2O2/c1-20(2)10-9-12-24(30)29-17-14-27-19-28-15-8-6-4-3-5-7-11-21-18-22(23(27)13-16-28)25(31-21)26(27)29/h3,5,18,20,23,26H,4,6-17,19H2,1-2H3/b5-3-/t23-,26-,27-/m0/s1. The van der Waals surface area contributed by atoms with Crippen molar-refractivity contribution in [1.82, 2.24) is 9.80 Å². The molecule has 6 rings (SSSR count). The average molecular weight is 425 g/mol. The number of amides is 1. The Morgan fingerprint density at radius 2 is 2.06 bits per heavy atom. The molecule has 1 amide bonds. The Morgan fingerprint density at radius 1 is 1.19 bits per heavy atom. The van der Waals surface area contributed by atoms with Gasteiger partial charge < -0.3 is 14.2 Å². The maximum atomic E-state index is 13.4. The second-order valence-corrected chi connectivity index (χ2v) is 10.9. The van der Waals surface area contributed by atoms with Gasteiger partial charge in [-0.3, -0.25) is 4.79 Å². The Morgan fingerprint density at radius 3 is 2.94 bits per heavy atom. The van der Waals surface area contributed by atoms with E-state index in [0.717, 1.165) is 56.7 Å². The molecule has 4 atom stereocenters. The van der Waals surface area contributed by atoms with Crippen LogP contribution in [0.15, 0.2) is 22.6 Å². The Kier molecular flexibility index (Phi) is 6.02. The van der Waals surface area contributed by atoms with E-state index in [1.807, 2.05) is 0 Å². The molecule has 0 aromatic carbocycles. The first-order valence-corrected chi connectivity index (χ1v) is 12.9. The van der Waals surface area contributed by atoms with Crippen LogP contribution < -0.4 is 0 Å². The highest BCUT2D eigenvalue weighted by molar-refractivity contribution is 5.77. The number of allylic oxidation sites excluding steroid dienone is 2. The molecule has 0 radical (unpaired) electrons. The first kappa shape index (κ1) is 21.3. The number of hydrogen-bond donors (Lipinski definition) is 0. The third-order valence-corrected chi connectivity index (χ3v) is 8.40. The van der Waals surface area contributed by atoms with Gasteiger partial charge >= 0.3 is 0 Å². The van der Waals surface area contributed by atoms with Gasteiger partial charge in [0.05, 0.1) is 6.04 Å². The van der Waals surface area contributed by atoms with Crippen molar-refractivity contribution >= 4 is 5.91 Å². The van der Waals surface area contributed by atoms with Crippen LogP contribution in [-0.2, 0) is 11.2 Å². The molecule has 4 nitrogen and oxygen atoms in total. The van der Waals surface area contributed by atoms with Crippen LogP contribution in [0.5, 0.6) is 0 Å². The maximum absolute atomic E-state index is 13.4. The number of furan rings is 1. The highest BCUT2D eigenvalue weighted by Gasteiger charge is 2.63. The van der Waals surface area contributed by atoms with Gasteiger partial charge in [0.15, 0.2) is 0 Å². The van der Waals surface area contributed by atoms with E-state index in [2.05, 4.69) is 41.9 Å². The van der Waals surface area contributed by atoms with Crippen molar-refractivity contribution in [3.8, 4) is 0 Å². The highest BCUT2D eigenvalue weighted by Crippen LogP contribution is 2.65. The summed E-state index contributed by atoms with van der Waals surface area (Å²) in [5.41, 5.74) is 1.62. The second kappa shape index (κ2) is 8.77. The molecule has 1 unspecified atom stereocenters. The van der Waals surface area contributed by atoms with Gasteiger partial charge in [-0.05, 0) is 81.5 Å². The quantitative estimate of drug-likeness (QED) is 0.570. The van der Waals surface area contributed by atoms with Crippen molar-refractivity contribution in [2.24, 2.45) is 11.3 Å². The van der Waals surface area contributed by atoms with Crippen LogP contribution in [0, 0.1) is 11.3 Å². The van der Waals surface area contributed by atoms with Crippen molar-refractivity contribution in [2.75, 3.05) is 26.2 Å². The number of hydrogen-bond acceptors (Lipinski definition) is 3. The molecule has 1 aromatic rings. The lowest BCUT2D eigenvalue weighted by molar-refractivity contribution is -0.134. The molecule has 4 heteroatoms. The Balaban J connectivity index is 1.45. The minimum Gasteiger partial charge on any atom is -0.464 e. The maximum Gasteiger partial charge on any atom is 0.223 e. The van der Waals surface area contributed by atoms with Crippen LogP contribution in [0.2, 0.25) is 0 Å². The van der Waals surface area contributed by atoms with Gasteiger partial charge in [-0.1, -0.05) is 32.4 Å². The van der Waals surface area contributed by atoms with Crippen LogP contribution in [0.1, 0.15) is 101 Å². The lowest BCUT2D eigenvalue weighted by Crippen LogP contribution is -2.48. The van der Waals surface area contributed by atoms with Crippen molar-refractivity contribution in [2.45, 2.75) is 90.0 Å². The molecule has 1 aliphatic carbocycles. The third-order valence-electron chi connectivity index (χ3n) is 8.40. The largest absolute Gasteiger partial charge is 0.464 e. The number of likely N-dealkylation sites (tertiary alicyclic amines) is 1. The predicted octanol–water partition coefficient (Wildman–Crippen LogP) is 5.84. The summed E-state index contributed by atoms with van der Waals surface area (Å²) in [5, 5.41) is 0. The van der Waals surface area contributed by atoms with Gasteiger partial charge in [0.25, 0.3) is 0 Å². The number of rotatable bonds is 4. The van der Waals surface area contributed by atoms with Gasteiger partial charge in [-0.25, -0.2) is 0 Å². The summed E-state index contributed by atoms with van der Waals surface area (Å²) in [5.74, 6) is 3.85. The number of piperidine rings is 1. The van der Waals surface area contributed by atoms with Crippen LogP contribution in [0.3, 0.4) is 0 Å². The molecule has 1 spiro atoms. The third kappa shape index (κ3) is 3.90. The topological polar surface area (TPSA) is 36.7 Å². The average Bonchev–Trinajstić information content (AvgIpc) is 3.36. The fourth-order valence-corrected chi connectivity index (χ4v) is 6.91. The van der Waals surface area contributed by atoms with Crippen molar-refractivity contribution < 1.29 is 9.21 Å². The summed E-state index contributed by atoms with van der Waals surface area (Å²) in [6.45, 7) is 8.93. The zero-order valence-electron chi connectivity index (χ0n) is 19.6. The number of carbonyl (C=O) groups is 1. The molecular weight excluding hydrogens is 384 g/mol. The van der Waals surface area contributed by atoms with Gasteiger partial charge in [-0.2, -0.15) is 0 Å². The van der Waals surface area contributed by atoms with Crippen LogP contribution in [0.4, 0.5) is 0 Å². The first-order chi connectivity index (χ1) is 15.1. The van der Waals surface area contributed by atoms with Crippen molar-refractivity contribution in [3.63, 3.8) is 0 Å². The lowest BCUT2D eigenvalue weighted by atomic mass is 9.69. The predicted molar refractivity (Wildman–Crippen MR) is 124 cm³/mol. The molecular formula is C27H40N2O2. The molecule has 1 aromatic heterocycles. The zero-order chi connectivity index (χ0) is 21.4. The highest BCUT2D eigenvalue weighted by atomic mass is 16.3. The summed E-state index contributed by atoms with van der Waals surface area (Å²) in [4.78, 5) is 18.3. The first-order valence-electron chi connectivity index (χ1n) is 12.9. The Labute approximate surface area is 188 Å². The fourth-order valence-electron chi connectivity index (χ4n) is 6.91. The van der Waals surface area contributed by atoms with E-state index < -0.39 is 0 Å². The van der Waals surface area contributed by atoms with Crippen molar-refractivity contribution in [3.05, 3.63) is 35.3 Å². The zero-order valence-corrected chi connectivity index (χ0v) is 19.6. The summed E-state index contributed by atoms with van der Waals surface area (Å²) < 4.78 is 6.57. The van der Waals surface area contributed by atoms with Gasteiger partial charge in [-0.15, -0.1) is 0 Å². The van der Waals surface area contributed by atoms with E-state index in [-0.39, 0.29) is 11.5 Å². The SMILES string of the molecule is CC(C)CCCC(=O)N1CC[C@@]23CN4CCCC/C=C\CCc5cc(c(o5)[C@H]12)[C@@H]3CC4. The minimum absolute atomic E-state index is 0.163. The molecule has 0 N–H and O–H groups in total. The monoisotopic (exact) mass is 424 g/mol. The fraction of sp³-hybridized carbons (Fsp3) is 0.741. The summed E-state index contributed by atoms with van der Waals surface area (Å²) in [7, 11) is 0. The molecule has 4 aliphatic heterocycles. The summed E-state index contributed by atoms with van der Waals surface area (Å²) in [6.07, 6.45) is 15.6. The molecule has 2 fully saturated rings. The van der Waals surface area contributed by atoms with Gasteiger partial charge in [0, 0.05) is 31.3 Å². The van der Waals surface area contributed by atoms with E-state index >= 15 is 0 Å². The van der Waals surface area contributed by atoms with Crippen LogP contribution in [-0.4, -0.2) is 41.9 Å². The number of carbonyl (C=O) groups excluding carboxylic acids is 1. The molecule has 5 aliphatic rings. The van der Waals surface area contributed by atoms with E-state index in [1.165, 1.54) is 44.3 Å². The molecule has 170 valence electrons. The normalized spacial score (nSPS) is 33.5. The van der Waals surface area contributed by atoms with Crippen LogP contribution in [0.25, 0.3) is 0 Å². The minimum atomic E-state index is 0.163. The van der Waals surface area contributed by atoms with Crippen LogP contribution >= 0.6 is 0 Å². The molecule has 0 saturated carbocycles. The van der Waals surface area contributed by atoms with Gasteiger partial charge in [0.2, 0.25) is 5.91 Å². The van der Waals surface area contributed by atoms with Gasteiger partial charge in [0.1, 0.15) is 11.5 Å². The summed E-state index contributed by atoms with van der Waals surface area (Å²) >= 11 is 0. The molecule has 6 bridgehead atoms. The number of fused-ring (bicyclic) bond motifs is 7. The van der Waals surface area contributed by atoms with E-state index in [9.17, 15) is 4.79 Å². The van der Waals surface area contributed by atoms with E-state index in [4.69, 9.17) is 4.42 Å². The van der Waals surface area contributed by atoms with E-state index in [0.29, 0.717) is 24.2 Å². The van der Waals surface area contributed by atoms with Crippen molar-refractivity contribution in [1.29, 1.82) is 0 Å². The Bertz CT molecular complexity index is 825. The number of aryl methyl sites for hydroxylation is 1. The summed E-state index contributed by atoms with van der Waals surface area (Å²) in [6, 6.07) is 2.53. The lowest BCUT2D eigenvalue weighted by Gasteiger charge is -2.45.